The largest absolute Gasteiger partial charge is 0.490 e. The van der Waals surface area contributed by atoms with Crippen LogP contribution in [0.2, 0.25) is 0 Å². The minimum atomic E-state index is -3.69. The van der Waals surface area contributed by atoms with Gasteiger partial charge in [0.05, 0.1) is 16.6 Å². The summed E-state index contributed by atoms with van der Waals surface area (Å²) in [6.45, 7) is 8.25. The van der Waals surface area contributed by atoms with Gasteiger partial charge in [-0.15, -0.1) is 0 Å². The lowest BCUT2D eigenvalue weighted by Crippen LogP contribution is -2.24. The maximum Gasteiger partial charge on any atom is 0.238 e. The van der Waals surface area contributed by atoms with Crippen molar-refractivity contribution in [2.45, 2.75) is 57.1 Å². The van der Waals surface area contributed by atoms with Crippen molar-refractivity contribution >= 4 is 10.0 Å². The molecule has 1 fully saturated rings. The van der Waals surface area contributed by atoms with Gasteiger partial charge in [-0.25, -0.2) is 13.6 Å². The van der Waals surface area contributed by atoms with E-state index in [1.165, 1.54) is 12.1 Å². The molecule has 0 spiro atoms. The summed E-state index contributed by atoms with van der Waals surface area (Å²) < 4.78 is 34.5. The Morgan fingerprint density at radius 1 is 1.33 bits per heavy atom. The summed E-state index contributed by atoms with van der Waals surface area (Å²) in [5.41, 5.74) is 1.43. The second-order valence-electron chi connectivity index (χ2n) is 6.28. The highest BCUT2D eigenvalue weighted by Gasteiger charge is 2.32. The van der Waals surface area contributed by atoms with Crippen molar-refractivity contribution in [2.24, 2.45) is 5.14 Å². The van der Waals surface area contributed by atoms with Crippen molar-refractivity contribution in [3.8, 4) is 5.75 Å². The summed E-state index contributed by atoms with van der Waals surface area (Å²) in [4.78, 5) is 0.114. The van der Waals surface area contributed by atoms with Gasteiger partial charge in [0.1, 0.15) is 12.4 Å². The van der Waals surface area contributed by atoms with Gasteiger partial charge in [-0.3, -0.25) is 0 Å². The van der Waals surface area contributed by atoms with Crippen molar-refractivity contribution in [1.29, 1.82) is 0 Å². The number of benzene rings is 1. The molecule has 5 nitrogen and oxygen atoms in total. The third-order valence-corrected chi connectivity index (χ3v) is 4.62. The molecule has 1 aromatic rings. The molecule has 21 heavy (non-hydrogen) atoms. The van der Waals surface area contributed by atoms with Gasteiger partial charge in [-0.05, 0) is 63.8 Å². The van der Waals surface area contributed by atoms with E-state index < -0.39 is 10.0 Å². The van der Waals surface area contributed by atoms with E-state index in [4.69, 9.17) is 14.6 Å². The van der Waals surface area contributed by atoms with Gasteiger partial charge in [0, 0.05) is 0 Å². The highest BCUT2D eigenvalue weighted by atomic mass is 32.2. The average molecular weight is 313 g/mol. The van der Waals surface area contributed by atoms with Crippen LogP contribution in [0, 0.1) is 13.8 Å². The molecule has 118 valence electrons. The standard InChI is InChI=1S/C15H23NO4S/c1-10-7-13(21(16,17)18)8-11(2)14(10)19-9-12-5-6-15(3,4)20-12/h7-8,12H,5-6,9H2,1-4H3,(H2,16,17,18). The second-order valence-corrected chi connectivity index (χ2v) is 7.84. The molecule has 1 atom stereocenters. The minimum Gasteiger partial charge on any atom is -0.490 e. The number of ether oxygens (including phenoxy) is 2. The fraction of sp³-hybridized carbons (Fsp3) is 0.600. The lowest BCUT2D eigenvalue weighted by molar-refractivity contribution is -0.0328. The Bertz CT molecular complexity index is 614. The van der Waals surface area contributed by atoms with E-state index in [2.05, 4.69) is 13.8 Å². The second kappa shape index (κ2) is 5.59. The first-order valence-electron chi connectivity index (χ1n) is 7.03. The topological polar surface area (TPSA) is 78.6 Å². The van der Waals surface area contributed by atoms with Gasteiger partial charge in [0.15, 0.2) is 0 Å². The summed E-state index contributed by atoms with van der Waals surface area (Å²) in [7, 11) is -3.69. The maximum absolute atomic E-state index is 11.4. The first-order chi connectivity index (χ1) is 9.58. The monoisotopic (exact) mass is 313 g/mol. The molecule has 1 unspecified atom stereocenters. The van der Waals surface area contributed by atoms with Crippen LogP contribution in [0.25, 0.3) is 0 Å². The van der Waals surface area contributed by atoms with E-state index in [0.717, 1.165) is 24.0 Å². The van der Waals surface area contributed by atoms with Crippen LogP contribution in [0.4, 0.5) is 0 Å². The molecule has 0 radical (unpaired) electrons. The van der Waals surface area contributed by atoms with Crippen molar-refractivity contribution in [2.75, 3.05) is 6.61 Å². The van der Waals surface area contributed by atoms with E-state index >= 15 is 0 Å². The SMILES string of the molecule is Cc1cc(S(N)(=O)=O)cc(C)c1OCC1CCC(C)(C)O1. The molecule has 0 bridgehead atoms. The normalized spacial score (nSPS) is 21.5. The molecular weight excluding hydrogens is 290 g/mol. The van der Waals surface area contributed by atoms with Crippen molar-refractivity contribution in [3.63, 3.8) is 0 Å². The molecule has 0 aliphatic carbocycles. The number of nitrogens with two attached hydrogens (primary N) is 1. The van der Waals surface area contributed by atoms with Crippen molar-refractivity contribution in [1.82, 2.24) is 0 Å². The molecule has 1 saturated heterocycles. The van der Waals surface area contributed by atoms with Gasteiger partial charge in [0.25, 0.3) is 0 Å². The van der Waals surface area contributed by atoms with Crippen LogP contribution in [-0.4, -0.2) is 26.7 Å². The van der Waals surface area contributed by atoms with E-state index in [-0.39, 0.29) is 16.6 Å². The van der Waals surface area contributed by atoms with E-state index in [9.17, 15) is 8.42 Å². The quantitative estimate of drug-likeness (QED) is 0.925. The number of sulfonamides is 1. The summed E-state index contributed by atoms with van der Waals surface area (Å²) in [6.07, 6.45) is 2.07. The van der Waals surface area contributed by atoms with Gasteiger partial charge < -0.3 is 9.47 Å². The molecule has 0 amide bonds. The predicted octanol–water partition coefficient (Wildman–Crippen LogP) is 2.29. The molecular formula is C15H23NO4S. The Kier molecular flexibility index (Phi) is 4.33. The molecule has 1 aliphatic heterocycles. The Morgan fingerprint density at radius 3 is 2.33 bits per heavy atom. The molecule has 1 heterocycles. The molecule has 1 aliphatic rings. The zero-order chi connectivity index (χ0) is 15.8. The highest BCUT2D eigenvalue weighted by molar-refractivity contribution is 7.89. The van der Waals surface area contributed by atoms with Crippen LogP contribution < -0.4 is 9.88 Å². The fourth-order valence-corrected chi connectivity index (χ4v) is 3.36. The number of primary sulfonamides is 1. The van der Waals surface area contributed by atoms with Crippen molar-refractivity contribution in [3.05, 3.63) is 23.3 Å². The van der Waals surface area contributed by atoms with E-state index in [1.807, 2.05) is 13.8 Å². The van der Waals surface area contributed by atoms with Gasteiger partial charge in [-0.1, -0.05) is 0 Å². The first-order valence-corrected chi connectivity index (χ1v) is 8.58. The molecule has 2 rings (SSSR count). The lowest BCUT2D eigenvalue weighted by Gasteiger charge is -2.20. The van der Waals surface area contributed by atoms with Gasteiger partial charge in [-0.2, -0.15) is 0 Å². The van der Waals surface area contributed by atoms with E-state index in [1.54, 1.807) is 0 Å². The number of rotatable bonds is 4. The third-order valence-electron chi connectivity index (χ3n) is 3.73. The van der Waals surface area contributed by atoms with Crippen LogP contribution >= 0.6 is 0 Å². The van der Waals surface area contributed by atoms with E-state index in [0.29, 0.717) is 12.4 Å². The molecule has 0 aromatic heterocycles. The summed E-state index contributed by atoms with van der Waals surface area (Å²) in [5.74, 6) is 0.704. The smallest absolute Gasteiger partial charge is 0.238 e. The number of hydrogen-bond donors (Lipinski definition) is 1. The van der Waals surface area contributed by atoms with Crippen LogP contribution in [0.3, 0.4) is 0 Å². The van der Waals surface area contributed by atoms with Crippen molar-refractivity contribution < 1.29 is 17.9 Å². The number of aryl methyl sites for hydroxylation is 2. The highest BCUT2D eigenvalue weighted by Crippen LogP contribution is 2.31. The minimum absolute atomic E-state index is 0.0803. The van der Waals surface area contributed by atoms with Crippen LogP contribution in [0.1, 0.15) is 37.8 Å². The number of hydrogen-bond acceptors (Lipinski definition) is 4. The Morgan fingerprint density at radius 2 is 1.90 bits per heavy atom. The zero-order valence-corrected chi connectivity index (χ0v) is 13.8. The fourth-order valence-electron chi connectivity index (χ4n) is 2.67. The molecule has 2 N–H and O–H groups in total. The summed E-state index contributed by atoms with van der Waals surface area (Å²) in [6, 6.07) is 3.08. The lowest BCUT2D eigenvalue weighted by atomic mass is 10.1. The van der Waals surface area contributed by atoms with Crippen LogP contribution in [0.5, 0.6) is 5.75 Å². The predicted molar refractivity (Wildman–Crippen MR) is 81.0 cm³/mol. The maximum atomic E-state index is 11.4. The Hall–Kier alpha value is -1.11. The van der Waals surface area contributed by atoms with Gasteiger partial charge >= 0.3 is 0 Å². The first kappa shape index (κ1) is 16.3. The average Bonchev–Trinajstić information content (AvgIpc) is 2.66. The molecule has 1 aromatic carbocycles. The van der Waals surface area contributed by atoms with Crippen LogP contribution in [-0.2, 0) is 14.8 Å². The molecule has 0 saturated carbocycles. The summed E-state index contributed by atoms with van der Waals surface area (Å²) in [5, 5.41) is 5.16. The van der Waals surface area contributed by atoms with Gasteiger partial charge in [0.2, 0.25) is 10.0 Å². The Balaban J connectivity index is 2.11. The molecule has 6 heteroatoms. The zero-order valence-electron chi connectivity index (χ0n) is 13.0. The Labute approximate surface area is 126 Å². The summed E-state index contributed by atoms with van der Waals surface area (Å²) >= 11 is 0. The van der Waals surface area contributed by atoms with Crippen LogP contribution in [0.15, 0.2) is 17.0 Å². The third kappa shape index (κ3) is 3.96.